The molecule has 4 heterocycles. The van der Waals surface area contributed by atoms with Crippen LogP contribution in [0, 0.1) is 17.8 Å². The van der Waals surface area contributed by atoms with Crippen LogP contribution in [0.4, 0.5) is 0 Å². The zero-order valence-electron chi connectivity index (χ0n) is 32.9. The van der Waals surface area contributed by atoms with Gasteiger partial charge in [-0.15, -0.1) is 0 Å². The molecule has 0 radical (unpaired) electrons. The van der Waals surface area contributed by atoms with Gasteiger partial charge in [0.2, 0.25) is 0 Å². The van der Waals surface area contributed by atoms with Gasteiger partial charge in [-0.2, -0.15) is 0 Å². The number of carbonyl (C=O) groups is 1. The first-order valence-corrected chi connectivity index (χ1v) is 18.7. The van der Waals surface area contributed by atoms with Crippen LogP contribution in [0.3, 0.4) is 0 Å². The Bertz CT molecular complexity index is 1220. The molecule has 0 amide bonds. The molecule has 296 valence electrons. The molecule has 4 aliphatic rings. The second-order valence-corrected chi connectivity index (χ2v) is 16.5. The molecule has 14 nitrogen and oxygen atoms in total. The highest BCUT2D eigenvalue weighted by atomic mass is 16.7. The van der Waals surface area contributed by atoms with Crippen LogP contribution < -0.4 is 0 Å². The number of fused-ring (bicyclic) bond motifs is 2. The number of esters is 1. The lowest BCUT2D eigenvalue weighted by Gasteiger charge is -2.48. The number of likely N-dealkylation sites (N-methyl/N-ethyl adjacent to an activating group) is 1. The first-order chi connectivity index (χ1) is 23.6. The van der Waals surface area contributed by atoms with E-state index >= 15 is 0 Å². The first kappa shape index (κ1) is 42.3. The molecule has 0 aliphatic carbocycles. The van der Waals surface area contributed by atoms with Crippen LogP contribution in [0.25, 0.3) is 0 Å². The molecule has 1 unspecified atom stereocenters. The van der Waals surface area contributed by atoms with Crippen molar-refractivity contribution in [2.45, 2.75) is 185 Å². The van der Waals surface area contributed by atoms with E-state index in [-0.39, 0.29) is 30.9 Å². The maximum atomic E-state index is 14.2. The average Bonchev–Trinajstić information content (AvgIpc) is 3.35. The first-order valence-electron chi connectivity index (χ1n) is 18.7. The summed E-state index contributed by atoms with van der Waals surface area (Å²) in [5.41, 5.74) is -3.91. The van der Waals surface area contributed by atoms with Crippen molar-refractivity contribution < 1.29 is 58.4 Å². The molecule has 4 aliphatic heterocycles. The minimum atomic E-state index is -1.84. The smallest absolute Gasteiger partial charge is 0.311 e. The SMILES string of the molecule is CC[C@H]1OC(=O)[C@H](C)[C@@H](O[C@H]2C[C@@](C)(OC)[C@@H](O)[C@H](C)O2)[C@H](C)[C@@H](O[C@@H]2O[C@H](C)C[C@H](N(C)C)[C@H]2O)C2(C)C[C@@H](C)C(=N[C@H](C)[C@@H](O)[C@]1(C)O)O2. The van der Waals surface area contributed by atoms with E-state index in [4.69, 9.17) is 38.2 Å². The second kappa shape index (κ2) is 16.1. The quantitative estimate of drug-likeness (QED) is 0.281. The number of rotatable bonds is 7. The predicted octanol–water partition coefficient (Wildman–Crippen LogP) is 2.41. The fraction of sp³-hybridized carbons (Fsp3) is 0.946. The minimum Gasteiger partial charge on any atom is -0.472 e. The van der Waals surface area contributed by atoms with Crippen molar-refractivity contribution in [2.75, 3.05) is 21.2 Å². The van der Waals surface area contributed by atoms with Gasteiger partial charge in [-0.3, -0.25) is 4.79 Å². The van der Waals surface area contributed by atoms with Gasteiger partial charge in [0, 0.05) is 37.8 Å². The Hall–Kier alpha value is -1.46. The van der Waals surface area contributed by atoms with Crippen molar-refractivity contribution in [1.82, 2.24) is 4.90 Å². The van der Waals surface area contributed by atoms with E-state index < -0.39 is 96.0 Å². The van der Waals surface area contributed by atoms with Gasteiger partial charge in [-0.1, -0.05) is 20.8 Å². The third kappa shape index (κ3) is 8.60. The number of ether oxygens (including phenoxy) is 7. The molecule has 14 heteroatoms. The maximum Gasteiger partial charge on any atom is 0.311 e. The normalized spacial score (nSPS) is 50.3. The van der Waals surface area contributed by atoms with Crippen LogP contribution in [-0.4, -0.2) is 149 Å². The Balaban J connectivity index is 1.85. The molecule has 0 aromatic heterocycles. The summed E-state index contributed by atoms with van der Waals surface area (Å²) in [6, 6.07) is -1.04. The van der Waals surface area contributed by atoms with Gasteiger partial charge in [-0.05, 0) is 75.4 Å². The number of methoxy groups -OCH3 is 1. The molecular weight excluding hydrogens is 664 g/mol. The standard InChI is InChI=1S/C37H66N2O12/c1-14-25-37(10,44)29(41)22(6)38-32-18(2)16-36(9,51-32)31(50-34-27(40)24(39(11)12)15-19(3)46-34)20(4)28(21(5)33(43)48-25)49-26-17-35(8,45-13)30(42)23(7)47-26/h18-31,34,40-42,44H,14-17H2,1-13H3/t18-,19-,20+,21-,22-,23+,24+,25-,26+,27-,28+,29-,30+,31-,34+,35-,36?,37-/m1/s1. The molecule has 4 N–H and O–H groups in total. The van der Waals surface area contributed by atoms with Gasteiger partial charge in [0.05, 0.1) is 35.9 Å². The largest absolute Gasteiger partial charge is 0.472 e. The molecule has 2 bridgehead atoms. The molecule has 51 heavy (non-hydrogen) atoms. The predicted molar refractivity (Wildman–Crippen MR) is 188 cm³/mol. The summed E-state index contributed by atoms with van der Waals surface area (Å²) in [7, 11) is 5.33. The third-order valence-electron chi connectivity index (χ3n) is 11.9. The van der Waals surface area contributed by atoms with E-state index in [1.807, 2.05) is 46.7 Å². The fourth-order valence-corrected chi connectivity index (χ4v) is 8.61. The minimum absolute atomic E-state index is 0.163. The number of aliphatic imine (C=N–C) groups is 1. The second-order valence-electron chi connectivity index (χ2n) is 16.5. The lowest BCUT2D eigenvalue weighted by molar-refractivity contribution is -0.315. The third-order valence-corrected chi connectivity index (χ3v) is 11.9. The summed E-state index contributed by atoms with van der Waals surface area (Å²) < 4.78 is 44.5. The molecular formula is C37H66N2O12. The summed E-state index contributed by atoms with van der Waals surface area (Å²) in [6.45, 7) is 17.8. The van der Waals surface area contributed by atoms with E-state index in [9.17, 15) is 25.2 Å². The van der Waals surface area contributed by atoms with Crippen LogP contribution >= 0.6 is 0 Å². The summed E-state index contributed by atoms with van der Waals surface area (Å²) in [5.74, 6) is -2.03. The van der Waals surface area contributed by atoms with Crippen molar-refractivity contribution >= 4 is 11.9 Å². The molecule has 4 rings (SSSR count). The maximum absolute atomic E-state index is 14.2. The highest BCUT2D eigenvalue weighted by Gasteiger charge is 2.56. The number of carbonyl (C=O) groups excluding carboxylic acids is 1. The van der Waals surface area contributed by atoms with Crippen LogP contribution in [0.15, 0.2) is 4.99 Å². The van der Waals surface area contributed by atoms with Gasteiger partial charge < -0.3 is 58.5 Å². The topological polar surface area (TPSA) is 178 Å². The van der Waals surface area contributed by atoms with E-state index in [1.165, 1.54) is 14.0 Å². The molecule has 3 saturated heterocycles. The summed E-state index contributed by atoms with van der Waals surface area (Å²) in [6.07, 6.45) is -7.53. The van der Waals surface area contributed by atoms with E-state index in [2.05, 4.69) is 0 Å². The Morgan fingerprint density at radius 2 is 1.61 bits per heavy atom. The Labute approximate surface area is 304 Å². The van der Waals surface area contributed by atoms with Crippen LogP contribution in [-0.2, 0) is 38.0 Å². The van der Waals surface area contributed by atoms with E-state index in [0.717, 1.165) is 0 Å². The van der Waals surface area contributed by atoms with Gasteiger partial charge in [0.15, 0.2) is 18.5 Å². The zero-order valence-corrected chi connectivity index (χ0v) is 32.9. The number of hydrogen-bond acceptors (Lipinski definition) is 14. The lowest BCUT2D eigenvalue weighted by Crippen LogP contribution is -2.60. The molecule has 0 spiro atoms. The Morgan fingerprint density at radius 3 is 2.20 bits per heavy atom. The molecule has 0 aromatic carbocycles. The number of aliphatic hydroxyl groups is 4. The van der Waals surface area contributed by atoms with E-state index in [0.29, 0.717) is 18.7 Å². The van der Waals surface area contributed by atoms with Gasteiger partial charge in [0.25, 0.3) is 0 Å². The highest BCUT2D eigenvalue weighted by Crippen LogP contribution is 2.44. The number of cyclic esters (lactones) is 1. The van der Waals surface area contributed by atoms with Crippen LogP contribution in [0.1, 0.15) is 94.9 Å². The van der Waals surface area contributed by atoms with Crippen LogP contribution in [0.2, 0.25) is 0 Å². The summed E-state index contributed by atoms with van der Waals surface area (Å²) in [5, 5.41) is 45.5. The van der Waals surface area contributed by atoms with Crippen molar-refractivity contribution in [2.24, 2.45) is 22.7 Å². The number of nitrogens with zero attached hydrogens (tertiary/aromatic N) is 2. The van der Waals surface area contributed by atoms with Gasteiger partial charge in [0.1, 0.15) is 41.7 Å². The number of aliphatic hydroxyl groups excluding tert-OH is 3. The van der Waals surface area contributed by atoms with Crippen molar-refractivity contribution in [3.63, 3.8) is 0 Å². The molecule has 0 aromatic rings. The Kier molecular flexibility index (Phi) is 13.4. The fourth-order valence-electron chi connectivity index (χ4n) is 8.61. The molecule has 0 saturated carbocycles. The average molecular weight is 731 g/mol. The molecule has 18 atom stereocenters. The van der Waals surface area contributed by atoms with Crippen molar-refractivity contribution in [1.29, 1.82) is 0 Å². The van der Waals surface area contributed by atoms with Gasteiger partial charge in [-0.25, -0.2) is 4.99 Å². The van der Waals surface area contributed by atoms with Crippen molar-refractivity contribution in [3.05, 3.63) is 0 Å². The molecule has 3 fully saturated rings. The van der Waals surface area contributed by atoms with Gasteiger partial charge >= 0.3 is 5.97 Å². The highest BCUT2D eigenvalue weighted by molar-refractivity contribution is 5.81. The lowest BCUT2D eigenvalue weighted by atomic mass is 9.79. The summed E-state index contributed by atoms with van der Waals surface area (Å²) >= 11 is 0. The van der Waals surface area contributed by atoms with Crippen molar-refractivity contribution in [3.8, 4) is 0 Å². The monoisotopic (exact) mass is 730 g/mol. The zero-order chi connectivity index (χ0) is 38.4. The van der Waals surface area contributed by atoms with Crippen LogP contribution in [0.5, 0.6) is 0 Å². The van der Waals surface area contributed by atoms with E-state index in [1.54, 1.807) is 34.6 Å². The number of hydrogen-bond donors (Lipinski definition) is 4. The Morgan fingerprint density at radius 1 is 0.961 bits per heavy atom. The summed E-state index contributed by atoms with van der Waals surface area (Å²) in [4.78, 5) is 20.9.